The molecule has 0 fully saturated rings. The zero-order valence-electron chi connectivity index (χ0n) is 17.1. The molecule has 1 amide bonds. The predicted octanol–water partition coefficient (Wildman–Crippen LogP) is 4.35. The van der Waals surface area contributed by atoms with Crippen molar-refractivity contribution in [3.8, 4) is 5.69 Å². The molecule has 1 unspecified atom stereocenters. The molecule has 0 radical (unpaired) electrons. The lowest BCUT2D eigenvalue weighted by atomic mass is 10.1. The number of benzene rings is 2. The fraction of sp³-hybridized carbons (Fsp3) is 0.348. The molecule has 1 aromatic heterocycles. The van der Waals surface area contributed by atoms with Gasteiger partial charge in [0.2, 0.25) is 5.91 Å². The molecule has 0 saturated heterocycles. The van der Waals surface area contributed by atoms with E-state index in [9.17, 15) is 9.59 Å². The zero-order chi connectivity index (χ0) is 20.8. The van der Waals surface area contributed by atoms with Crippen molar-refractivity contribution in [2.24, 2.45) is 0 Å². The summed E-state index contributed by atoms with van der Waals surface area (Å²) in [5, 5.41) is 4.09. The minimum absolute atomic E-state index is 0.0498. The molecule has 0 aliphatic carbocycles. The maximum atomic E-state index is 13.2. The van der Waals surface area contributed by atoms with Crippen LogP contribution in [0.3, 0.4) is 0 Å². The fourth-order valence-electron chi connectivity index (χ4n) is 3.27. The van der Waals surface area contributed by atoms with Crippen molar-refractivity contribution in [2.75, 3.05) is 5.75 Å². The van der Waals surface area contributed by atoms with Gasteiger partial charge in [0.05, 0.1) is 22.3 Å². The van der Waals surface area contributed by atoms with E-state index in [1.54, 1.807) is 10.6 Å². The normalized spacial score (nSPS) is 12.1. The molecule has 1 heterocycles. The summed E-state index contributed by atoms with van der Waals surface area (Å²) in [5.74, 6) is 0.164. The Morgan fingerprint density at radius 2 is 1.86 bits per heavy atom. The number of fused-ring (bicyclic) bond motifs is 1. The molecule has 152 valence electrons. The molecule has 5 nitrogen and oxygen atoms in total. The Labute approximate surface area is 175 Å². The second-order valence-corrected chi connectivity index (χ2v) is 8.06. The number of hydrogen-bond donors (Lipinski definition) is 1. The molecule has 0 aliphatic heterocycles. The van der Waals surface area contributed by atoms with E-state index >= 15 is 0 Å². The number of nitrogens with one attached hydrogen (secondary N) is 1. The highest BCUT2D eigenvalue weighted by molar-refractivity contribution is 7.99. The van der Waals surface area contributed by atoms with Crippen molar-refractivity contribution in [2.45, 2.75) is 51.2 Å². The van der Waals surface area contributed by atoms with Gasteiger partial charge in [0.1, 0.15) is 0 Å². The van der Waals surface area contributed by atoms with Crippen LogP contribution in [-0.4, -0.2) is 27.3 Å². The van der Waals surface area contributed by atoms with Crippen LogP contribution >= 0.6 is 11.8 Å². The molecule has 0 spiro atoms. The maximum Gasteiger partial charge on any atom is 0.266 e. The summed E-state index contributed by atoms with van der Waals surface area (Å²) in [5.41, 5.74) is 2.48. The van der Waals surface area contributed by atoms with E-state index in [0.29, 0.717) is 16.1 Å². The van der Waals surface area contributed by atoms with Crippen LogP contribution in [0.4, 0.5) is 0 Å². The lowest BCUT2D eigenvalue weighted by Gasteiger charge is -2.15. The third-order valence-corrected chi connectivity index (χ3v) is 5.75. The fourth-order valence-corrected chi connectivity index (χ4v) is 4.09. The van der Waals surface area contributed by atoms with E-state index < -0.39 is 0 Å². The first kappa shape index (κ1) is 21.1. The Hall–Kier alpha value is -2.60. The molecule has 0 bridgehead atoms. The number of amides is 1. The Bertz CT molecular complexity index is 1040. The highest BCUT2D eigenvalue weighted by Gasteiger charge is 2.15. The van der Waals surface area contributed by atoms with E-state index in [-0.39, 0.29) is 23.3 Å². The molecule has 0 aliphatic rings. The van der Waals surface area contributed by atoms with E-state index in [2.05, 4.69) is 24.1 Å². The van der Waals surface area contributed by atoms with Crippen LogP contribution in [0.15, 0.2) is 58.5 Å². The maximum absolute atomic E-state index is 13.2. The summed E-state index contributed by atoms with van der Waals surface area (Å²) >= 11 is 1.29. The summed E-state index contributed by atoms with van der Waals surface area (Å²) in [6, 6.07) is 15.4. The highest BCUT2D eigenvalue weighted by atomic mass is 32.2. The molecule has 3 rings (SSSR count). The lowest BCUT2D eigenvalue weighted by molar-refractivity contribution is -0.119. The predicted molar refractivity (Wildman–Crippen MR) is 120 cm³/mol. The van der Waals surface area contributed by atoms with Crippen molar-refractivity contribution in [3.63, 3.8) is 0 Å². The second-order valence-electron chi connectivity index (χ2n) is 7.12. The quantitative estimate of drug-likeness (QED) is 0.444. The van der Waals surface area contributed by atoms with Crippen LogP contribution in [0.1, 0.15) is 39.2 Å². The molecule has 2 aromatic carbocycles. The second kappa shape index (κ2) is 9.74. The third-order valence-electron chi connectivity index (χ3n) is 4.81. The summed E-state index contributed by atoms with van der Waals surface area (Å²) in [6.45, 7) is 6.20. The smallest absolute Gasteiger partial charge is 0.266 e. The van der Waals surface area contributed by atoms with Crippen molar-refractivity contribution in [1.82, 2.24) is 14.9 Å². The van der Waals surface area contributed by atoms with Gasteiger partial charge in [-0.3, -0.25) is 14.2 Å². The number of carbonyl (C=O) groups is 1. The first-order valence-corrected chi connectivity index (χ1v) is 11.0. The summed E-state index contributed by atoms with van der Waals surface area (Å²) in [6.07, 6.45) is 2.90. The van der Waals surface area contributed by atoms with E-state index in [1.165, 1.54) is 17.3 Å². The summed E-state index contributed by atoms with van der Waals surface area (Å²) in [4.78, 5) is 30.2. The van der Waals surface area contributed by atoms with Crippen LogP contribution in [-0.2, 0) is 11.2 Å². The van der Waals surface area contributed by atoms with Gasteiger partial charge in [-0.05, 0) is 49.6 Å². The van der Waals surface area contributed by atoms with Crippen molar-refractivity contribution in [3.05, 3.63) is 64.4 Å². The zero-order valence-corrected chi connectivity index (χ0v) is 18.0. The van der Waals surface area contributed by atoms with Gasteiger partial charge in [0, 0.05) is 6.04 Å². The molecule has 1 atom stereocenters. The van der Waals surface area contributed by atoms with Crippen LogP contribution in [0, 0.1) is 0 Å². The molecule has 29 heavy (non-hydrogen) atoms. The van der Waals surface area contributed by atoms with E-state index in [0.717, 1.165) is 24.9 Å². The molecular formula is C23H27N3O2S. The Morgan fingerprint density at radius 1 is 1.14 bits per heavy atom. The van der Waals surface area contributed by atoms with Crippen molar-refractivity contribution < 1.29 is 4.79 Å². The van der Waals surface area contributed by atoms with E-state index in [4.69, 9.17) is 0 Å². The van der Waals surface area contributed by atoms with Crippen molar-refractivity contribution in [1.29, 1.82) is 0 Å². The first-order valence-electron chi connectivity index (χ1n) is 10.1. The number of nitrogens with zero attached hydrogens (tertiary/aromatic N) is 2. The van der Waals surface area contributed by atoms with E-state index in [1.807, 2.05) is 49.4 Å². The average molecular weight is 410 g/mol. The number of hydrogen-bond acceptors (Lipinski definition) is 4. The number of rotatable bonds is 8. The van der Waals surface area contributed by atoms with Gasteiger partial charge in [-0.2, -0.15) is 0 Å². The first-order chi connectivity index (χ1) is 14.0. The van der Waals surface area contributed by atoms with Crippen LogP contribution in [0.2, 0.25) is 0 Å². The van der Waals surface area contributed by atoms with Crippen LogP contribution in [0.5, 0.6) is 0 Å². The number of para-hydroxylation sites is 1. The van der Waals surface area contributed by atoms with Gasteiger partial charge in [-0.15, -0.1) is 0 Å². The summed E-state index contributed by atoms with van der Waals surface area (Å²) < 4.78 is 1.61. The largest absolute Gasteiger partial charge is 0.353 e. The Kier molecular flexibility index (Phi) is 7.09. The number of thioether (sulfide) groups is 1. The number of aryl methyl sites for hydroxylation is 1. The minimum atomic E-state index is -0.123. The number of carbonyl (C=O) groups excluding carboxylic acids is 1. The van der Waals surface area contributed by atoms with Gasteiger partial charge in [-0.1, -0.05) is 56.3 Å². The molecule has 3 aromatic rings. The average Bonchev–Trinajstić information content (AvgIpc) is 2.73. The monoisotopic (exact) mass is 409 g/mol. The topological polar surface area (TPSA) is 64.0 Å². The van der Waals surface area contributed by atoms with Crippen LogP contribution in [0.25, 0.3) is 16.6 Å². The standard InChI is InChI=1S/C23H27N3O2S/c1-4-8-16(3)24-21(27)15-29-23-25-20-10-7-6-9-19(20)22(28)26(23)18-13-11-17(5-2)12-14-18/h6-7,9-14,16H,4-5,8,15H2,1-3H3,(H,24,27). The SMILES string of the molecule is CCCC(C)NC(=O)CSc1nc2ccccc2c(=O)n1-c1ccc(CC)cc1. The van der Waals surface area contributed by atoms with Gasteiger partial charge in [-0.25, -0.2) is 4.98 Å². The lowest BCUT2D eigenvalue weighted by Crippen LogP contribution is -2.34. The van der Waals surface area contributed by atoms with Crippen molar-refractivity contribution >= 4 is 28.6 Å². The van der Waals surface area contributed by atoms with Gasteiger partial charge in [0.15, 0.2) is 5.16 Å². The molecule has 0 saturated carbocycles. The van der Waals surface area contributed by atoms with Gasteiger partial charge in [0.25, 0.3) is 5.56 Å². The molecule has 6 heteroatoms. The number of aromatic nitrogens is 2. The summed E-state index contributed by atoms with van der Waals surface area (Å²) in [7, 11) is 0. The van der Waals surface area contributed by atoms with Crippen LogP contribution < -0.4 is 10.9 Å². The third kappa shape index (κ3) is 5.07. The highest BCUT2D eigenvalue weighted by Crippen LogP contribution is 2.21. The Balaban J connectivity index is 1.96. The molecule has 1 N–H and O–H groups in total. The van der Waals surface area contributed by atoms with Gasteiger partial charge < -0.3 is 5.32 Å². The van der Waals surface area contributed by atoms with Gasteiger partial charge >= 0.3 is 0 Å². The minimum Gasteiger partial charge on any atom is -0.353 e. The Morgan fingerprint density at radius 3 is 2.55 bits per heavy atom. The molecular weight excluding hydrogens is 382 g/mol.